The Labute approximate surface area is 124 Å². The van der Waals surface area contributed by atoms with Gasteiger partial charge in [-0.05, 0) is 6.07 Å². The van der Waals surface area contributed by atoms with E-state index in [-0.39, 0.29) is 32.7 Å². The van der Waals surface area contributed by atoms with Gasteiger partial charge in [-0.3, -0.25) is 9.59 Å². The van der Waals surface area contributed by atoms with Gasteiger partial charge in [0.2, 0.25) is 5.91 Å². The van der Waals surface area contributed by atoms with Crippen molar-refractivity contribution in [2.45, 2.75) is 18.6 Å². The second-order valence-corrected chi connectivity index (χ2v) is 6.45. The third-order valence-electron chi connectivity index (χ3n) is 2.70. The van der Waals surface area contributed by atoms with Crippen LogP contribution in [0.2, 0.25) is 10.0 Å². The predicted molar refractivity (Wildman–Crippen MR) is 75.5 cm³/mol. The first kappa shape index (κ1) is 14.6. The third-order valence-corrected chi connectivity index (χ3v) is 4.28. The summed E-state index contributed by atoms with van der Waals surface area (Å²) in [5.41, 5.74) is 0.292. The van der Waals surface area contributed by atoms with Gasteiger partial charge < -0.3 is 4.90 Å². The Balaban J connectivity index is 2.25. The van der Waals surface area contributed by atoms with Gasteiger partial charge in [0.1, 0.15) is 5.82 Å². The van der Waals surface area contributed by atoms with Crippen molar-refractivity contribution in [3.05, 3.63) is 28.0 Å². The van der Waals surface area contributed by atoms with E-state index in [1.807, 2.05) is 0 Å². The summed E-state index contributed by atoms with van der Waals surface area (Å²) in [6.07, 6.45) is 0.241. The van der Waals surface area contributed by atoms with Crippen molar-refractivity contribution in [1.82, 2.24) is 0 Å². The van der Waals surface area contributed by atoms with E-state index in [1.54, 1.807) is 0 Å². The molecule has 0 radical (unpaired) electrons. The quantitative estimate of drug-likeness (QED) is 0.782. The molecule has 0 saturated carbocycles. The standard InChI is InChI=1S/C12H10Cl2FNO2S/c1-6(17)19-7-2-12(18)16(5-7)11-4-10(15)8(13)3-9(11)14/h3-4,7H,2,5H2,1H3. The topological polar surface area (TPSA) is 37.4 Å². The molecule has 7 heteroatoms. The highest BCUT2D eigenvalue weighted by Gasteiger charge is 2.33. The van der Waals surface area contributed by atoms with Crippen molar-refractivity contribution in [2.24, 2.45) is 0 Å². The van der Waals surface area contributed by atoms with Crippen LogP contribution in [0.15, 0.2) is 12.1 Å². The van der Waals surface area contributed by atoms with Gasteiger partial charge >= 0.3 is 0 Å². The lowest BCUT2D eigenvalue weighted by Crippen LogP contribution is -2.25. The molecule has 1 heterocycles. The summed E-state index contributed by atoms with van der Waals surface area (Å²) >= 11 is 12.7. The molecule has 0 aliphatic carbocycles. The van der Waals surface area contributed by atoms with Crippen LogP contribution in [0.4, 0.5) is 10.1 Å². The second-order valence-electron chi connectivity index (χ2n) is 4.16. The number of carbonyl (C=O) groups is 2. The van der Waals surface area contributed by atoms with Gasteiger partial charge in [0, 0.05) is 31.2 Å². The smallest absolute Gasteiger partial charge is 0.228 e. The van der Waals surface area contributed by atoms with Gasteiger partial charge in [0.05, 0.1) is 15.7 Å². The molecule has 0 bridgehead atoms. The Morgan fingerprint density at radius 3 is 2.74 bits per heavy atom. The number of rotatable bonds is 2. The molecule has 0 spiro atoms. The summed E-state index contributed by atoms with van der Waals surface area (Å²) in [7, 11) is 0. The molecule has 1 fully saturated rings. The van der Waals surface area contributed by atoms with Crippen molar-refractivity contribution in [3.8, 4) is 0 Å². The van der Waals surface area contributed by atoms with Crippen molar-refractivity contribution in [3.63, 3.8) is 0 Å². The minimum Gasteiger partial charge on any atom is -0.310 e. The number of thioether (sulfide) groups is 1. The largest absolute Gasteiger partial charge is 0.310 e. The number of amides is 1. The molecule has 1 aliphatic heterocycles. The van der Waals surface area contributed by atoms with E-state index in [2.05, 4.69) is 0 Å². The first-order valence-electron chi connectivity index (χ1n) is 5.50. The highest BCUT2D eigenvalue weighted by atomic mass is 35.5. The Bertz CT molecular complexity index is 553. The van der Waals surface area contributed by atoms with Crippen molar-refractivity contribution in [1.29, 1.82) is 0 Å². The zero-order chi connectivity index (χ0) is 14.2. The summed E-state index contributed by atoms with van der Waals surface area (Å²) in [6, 6.07) is 2.41. The number of hydrogen-bond donors (Lipinski definition) is 0. The maximum atomic E-state index is 13.5. The number of benzene rings is 1. The van der Waals surface area contributed by atoms with E-state index in [0.29, 0.717) is 12.2 Å². The number of anilines is 1. The average molecular weight is 322 g/mol. The monoisotopic (exact) mass is 321 g/mol. The molecule has 2 rings (SSSR count). The third kappa shape index (κ3) is 3.22. The Hall–Kier alpha value is -0.780. The van der Waals surface area contributed by atoms with Crippen LogP contribution in [-0.4, -0.2) is 22.8 Å². The molecule has 1 atom stereocenters. The molecule has 1 unspecified atom stereocenters. The van der Waals surface area contributed by atoms with E-state index in [4.69, 9.17) is 23.2 Å². The Morgan fingerprint density at radius 1 is 1.42 bits per heavy atom. The van der Waals surface area contributed by atoms with Crippen LogP contribution >= 0.6 is 35.0 Å². The molecule has 1 aliphatic rings. The minimum atomic E-state index is -0.628. The first-order valence-corrected chi connectivity index (χ1v) is 7.14. The summed E-state index contributed by atoms with van der Waals surface area (Å²) in [6.45, 7) is 1.79. The van der Waals surface area contributed by atoms with Crippen LogP contribution < -0.4 is 4.90 Å². The fraction of sp³-hybridized carbons (Fsp3) is 0.333. The summed E-state index contributed by atoms with van der Waals surface area (Å²) in [4.78, 5) is 24.3. The summed E-state index contributed by atoms with van der Waals surface area (Å²) in [5.74, 6) is -0.807. The minimum absolute atomic E-state index is 0.0481. The molecule has 1 aromatic rings. The van der Waals surface area contributed by atoms with Crippen LogP contribution in [0.1, 0.15) is 13.3 Å². The maximum absolute atomic E-state index is 13.5. The summed E-state index contributed by atoms with van der Waals surface area (Å²) in [5, 5.41) is -0.0453. The molecular formula is C12H10Cl2FNO2S. The zero-order valence-electron chi connectivity index (χ0n) is 9.95. The fourth-order valence-electron chi connectivity index (χ4n) is 1.94. The van der Waals surface area contributed by atoms with Gasteiger partial charge in [-0.15, -0.1) is 0 Å². The SMILES string of the molecule is CC(=O)SC1CC(=O)N(c2cc(F)c(Cl)cc2Cl)C1. The van der Waals surface area contributed by atoms with Gasteiger partial charge in [-0.2, -0.15) is 0 Å². The van der Waals surface area contributed by atoms with Crippen molar-refractivity contribution >= 4 is 51.7 Å². The van der Waals surface area contributed by atoms with Crippen LogP contribution in [-0.2, 0) is 9.59 Å². The maximum Gasteiger partial charge on any atom is 0.228 e. The van der Waals surface area contributed by atoms with Crippen molar-refractivity contribution < 1.29 is 14.0 Å². The molecular weight excluding hydrogens is 312 g/mol. The lowest BCUT2D eigenvalue weighted by atomic mass is 10.3. The van der Waals surface area contributed by atoms with Gasteiger partial charge in [-0.25, -0.2) is 4.39 Å². The molecule has 1 saturated heterocycles. The number of halogens is 3. The molecule has 0 aromatic heterocycles. The summed E-state index contributed by atoms with van der Waals surface area (Å²) < 4.78 is 13.5. The zero-order valence-corrected chi connectivity index (χ0v) is 12.3. The second kappa shape index (κ2) is 5.69. The Kier molecular flexibility index (Phi) is 4.38. The average Bonchev–Trinajstić information content (AvgIpc) is 2.63. The van der Waals surface area contributed by atoms with E-state index in [9.17, 15) is 14.0 Å². The van der Waals surface area contributed by atoms with E-state index in [0.717, 1.165) is 17.8 Å². The number of carbonyl (C=O) groups excluding carboxylic acids is 2. The molecule has 3 nitrogen and oxygen atoms in total. The molecule has 0 N–H and O–H groups in total. The van der Waals surface area contributed by atoms with Crippen molar-refractivity contribution in [2.75, 3.05) is 11.4 Å². The lowest BCUT2D eigenvalue weighted by Gasteiger charge is -2.18. The number of nitrogens with zero attached hydrogens (tertiary/aromatic N) is 1. The number of hydrogen-bond acceptors (Lipinski definition) is 3. The van der Waals surface area contributed by atoms with E-state index in [1.165, 1.54) is 17.9 Å². The highest BCUT2D eigenvalue weighted by Crippen LogP contribution is 2.35. The van der Waals surface area contributed by atoms with Crippen LogP contribution in [0, 0.1) is 5.82 Å². The van der Waals surface area contributed by atoms with E-state index >= 15 is 0 Å². The predicted octanol–water partition coefficient (Wildman–Crippen LogP) is 3.52. The van der Waals surface area contributed by atoms with Crippen LogP contribution in [0.3, 0.4) is 0 Å². The van der Waals surface area contributed by atoms with E-state index < -0.39 is 5.82 Å². The van der Waals surface area contributed by atoms with Gasteiger partial charge in [0.15, 0.2) is 5.12 Å². The fourth-order valence-corrected chi connectivity index (χ4v) is 3.34. The van der Waals surface area contributed by atoms with Gasteiger partial charge in [0.25, 0.3) is 0 Å². The highest BCUT2D eigenvalue weighted by molar-refractivity contribution is 8.14. The Morgan fingerprint density at radius 2 is 2.11 bits per heavy atom. The first-order chi connectivity index (χ1) is 8.88. The molecule has 102 valence electrons. The molecule has 19 heavy (non-hydrogen) atoms. The normalized spacial score (nSPS) is 19.1. The molecule has 1 aromatic carbocycles. The van der Waals surface area contributed by atoms with Crippen LogP contribution in [0.25, 0.3) is 0 Å². The van der Waals surface area contributed by atoms with Crippen LogP contribution in [0.5, 0.6) is 0 Å². The lowest BCUT2D eigenvalue weighted by molar-refractivity contribution is -0.117. The molecule has 1 amide bonds. The van der Waals surface area contributed by atoms with Gasteiger partial charge in [-0.1, -0.05) is 35.0 Å².